The Bertz CT molecular complexity index is 521. The summed E-state index contributed by atoms with van der Waals surface area (Å²) in [4.78, 5) is 13.7. The van der Waals surface area contributed by atoms with E-state index in [0.717, 1.165) is 37.2 Å². The van der Waals surface area contributed by atoms with Gasteiger partial charge in [-0.1, -0.05) is 26.0 Å². The highest BCUT2D eigenvalue weighted by Crippen LogP contribution is 2.18. The van der Waals surface area contributed by atoms with Crippen LogP contribution in [0.15, 0.2) is 29.8 Å². The minimum absolute atomic E-state index is 0.00391. The largest absolute Gasteiger partial charge is 0.465 e. The average molecular weight is 286 g/mol. The van der Waals surface area contributed by atoms with Crippen LogP contribution in [0.4, 0.5) is 5.69 Å². The van der Waals surface area contributed by atoms with Crippen molar-refractivity contribution in [3.05, 3.63) is 35.4 Å². The molecule has 0 unspecified atom stereocenters. The molecule has 4 heteroatoms. The number of hydrogen-bond donors (Lipinski definition) is 0. The standard InChI is InChI=1S/C17H22N2O2/c1-4-10-19(11-5-2)16-8-6-14(7-9-16)12-15(13-18)17(20)21-3/h6-9,12H,4-5,10-11H2,1-3H3/b15-12-. The van der Waals surface area contributed by atoms with Crippen LogP contribution in [0.2, 0.25) is 0 Å². The summed E-state index contributed by atoms with van der Waals surface area (Å²) >= 11 is 0. The van der Waals surface area contributed by atoms with Gasteiger partial charge in [0, 0.05) is 18.8 Å². The van der Waals surface area contributed by atoms with Gasteiger partial charge in [-0.25, -0.2) is 4.79 Å². The summed E-state index contributed by atoms with van der Waals surface area (Å²) in [6.07, 6.45) is 3.74. The number of nitriles is 1. The normalized spacial score (nSPS) is 10.9. The molecule has 0 saturated heterocycles. The number of hydrogen-bond acceptors (Lipinski definition) is 4. The van der Waals surface area contributed by atoms with E-state index in [1.807, 2.05) is 30.3 Å². The maximum Gasteiger partial charge on any atom is 0.348 e. The molecule has 0 fully saturated rings. The number of anilines is 1. The Balaban J connectivity index is 2.93. The second-order valence-electron chi connectivity index (χ2n) is 4.74. The maximum absolute atomic E-state index is 11.4. The smallest absolute Gasteiger partial charge is 0.348 e. The van der Waals surface area contributed by atoms with Crippen molar-refractivity contribution in [2.75, 3.05) is 25.1 Å². The molecule has 1 aromatic rings. The number of carbonyl (C=O) groups excluding carboxylic acids is 1. The van der Waals surface area contributed by atoms with Crippen molar-refractivity contribution in [3.63, 3.8) is 0 Å². The van der Waals surface area contributed by atoms with Gasteiger partial charge in [0.05, 0.1) is 7.11 Å². The van der Waals surface area contributed by atoms with Crippen molar-refractivity contribution in [1.82, 2.24) is 0 Å². The van der Waals surface area contributed by atoms with Gasteiger partial charge in [0.15, 0.2) is 0 Å². The molecule has 21 heavy (non-hydrogen) atoms. The molecule has 0 radical (unpaired) electrons. The lowest BCUT2D eigenvalue weighted by Crippen LogP contribution is -2.24. The summed E-state index contributed by atoms with van der Waals surface area (Å²) < 4.78 is 4.56. The van der Waals surface area contributed by atoms with E-state index in [1.54, 1.807) is 6.08 Å². The van der Waals surface area contributed by atoms with Crippen LogP contribution >= 0.6 is 0 Å². The van der Waals surface area contributed by atoms with Crippen molar-refractivity contribution in [1.29, 1.82) is 5.26 Å². The Kier molecular flexibility index (Phi) is 7.03. The lowest BCUT2D eigenvalue weighted by atomic mass is 10.1. The van der Waals surface area contributed by atoms with Crippen LogP contribution < -0.4 is 4.90 Å². The SMILES string of the molecule is CCCN(CCC)c1ccc(/C=C(/C#N)C(=O)OC)cc1. The Morgan fingerprint density at radius 1 is 1.24 bits per heavy atom. The van der Waals surface area contributed by atoms with Crippen LogP contribution in [0.25, 0.3) is 6.08 Å². The summed E-state index contributed by atoms with van der Waals surface area (Å²) in [5.74, 6) is -0.611. The van der Waals surface area contributed by atoms with Gasteiger partial charge in [-0.3, -0.25) is 0 Å². The minimum Gasteiger partial charge on any atom is -0.465 e. The molecular weight excluding hydrogens is 264 g/mol. The monoisotopic (exact) mass is 286 g/mol. The molecule has 112 valence electrons. The molecule has 0 atom stereocenters. The van der Waals surface area contributed by atoms with Gasteiger partial charge >= 0.3 is 5.97 Å². The Morgan fingerprint density at radius 3 is 2.24 bits per heavy atom. The van der Waals surface area contributed by atoms with E-state index in [0.29, 0.717) is 0 Å². The number of benzene rings is 1. The van der Waals surface area contributed by atoms with Gasteiger partial charge in [-0.05, 0) is 36.6 Å². The van der Waals surface area contributed by atoms with E-state index in [9.17, 15) is 4.79 Å². The van der Waals surface area contributed by atoms with Crippen molar-refractivity contribution < 1.29 is 9.53 Å². The van der Waals surface area contributed by atoms with E-state index >= 15 is 0 Å². The van der Waals surface area contributed by atoms with Crippen LogP contribution in [-0.2, 0) is 9.53 Å². The first-order chi connectivity index (χ1) is 10.2. The van der Waals surface area contributed by atoms with Crippen molar-refractivity contribution >= 4 is 17.7 Å². The number of nitrogens with zero attached hydrogens (tertiary/aromatic N) is 2. The summed E-state index contributed by atoms with van der Waals surface area (Å²) in [6, 6.07) is 9.71. The first kappa shape index (κ1) is 16.8. The fraction of sp³-hybridized carbons (Fsp3) is 0.412. The van der Waals surface area contributed by atoms with Crippen LogP contribution in [0.5, 0.6) is 0 Å². The van der Waals surface area contributed by atoms with E-state index in [-0.39, 0.29) is 5.57 Å². The highest BCUT2D eigenvalue weighted by molar-refractivity contribution is 5.97. The topological polar surface area (TPSA) is 53.3 Å². The van der Waals surface area contributed by atoms with Crippen molar-refractivity contribution in [3.8, 4) is 6.07 Å². The van der Waals surface area contributed by atoms with E-state index in [2.05, 4.69) is 23.5 Å². The number of esters is 1. The minimum atomic E-state index is -0.611. The third-order valence-corrected chi connectivity index (χ3v) is 3.08. The van der Waals surface area contributed by atoms with Crippen LogP contribution in [0.3, 0.4) is 0 Å². The van der Waals surface area contributed by atoms with Gasteiger partial charge in [0.1, 0.15) is 11.6 Å². The zero-order chi connectivity index (χ0) is 15.7. The molecule has 0 spiro atoms. The van der Waals surface area contributed by atoms with Crippen molar-refractivity contribution in [2.45, 2.75) is 26.7 Å². The molecule has 0 aromatic heterocycles. The summed E-state index contributed by atoms with van der Waals surface area (Å²) in [7, 11) is 1.27. The lowest BCUT2D eigenvalue weighted by Gasteiger charge is -2.23. The van der Waals surface area contributed by atoms with Crippen LogP contribution in [0, 0.1) is 11.3 Å². The molecule has 0 aliphatic heterocycles. The van der Waals surface area contributed by atoms with Gasteiger partial charge < -0.3 is 9.64 Å². The van der Waals surface area contributed by atoms with E-state index in [4.69, 9.17) is 5.26 Å². The van der Waals surface area contributed by atoms with Crippen LogP contribution in [-0.4, -0.2) is 26.2 Å². The first-order valence-electron chi connectivity index (χ1n) is 7.21. The van der Waals surface area contributed by atoms with Crippen molar-refractivity contribution in [2.24, 2.45) is 0 Å². The first-order valence-corrected chi connectivity index (χ1v) is 7.21. The van der Waals surface area contributed by atoms with Gasteiger partial charge in [0.2, 0.25) is 0 Å². The molecule has 0 amide bonds. The molecule has 1 aromatic carbocycles. The third-order valence-electron chi connectivity index (χ3n) is 3.08. The summed E-state index contributed by atoms with van der Waals surface area (Å²) in [5.41, 5.74) is 1.98. The molecule has 0 N–H and O–H groups in total. The molecule has 0 aliphatic carbocycles. The second-order valence-corrected chi connectivity index (χ2v) is 4.74. The maximum atomic E-state index is 11.4. The molecule has 0 heterocycles. The lowest BCUT2D eigenvalue weighted by molar-refractivity contribution is -0.135. The highest BCUT2D eigenvalue weighted by Gasteiger charge is 2.09. The number of carbonyl (C=O) groups is 1. The average Bonchev–Trinajstić information content (AvgIpc) is 2.52. The van der Waals surface area contributed by atoms with Crippen LogP contribution in [0.1, 0.15) is 32.3 Å². The number of rotatable bonds is 7. The molecule has 0 saturated carbocycles. The third kappa shape index (κ3) is 4.96. The number of methoxy groups -OCH3 is 1. The second kappa shape index (κ2) is 8.80. The molecule has 4 nitrogen and oxygen atoms in total. The fourth-order valence-corrected chi connectivity index (χ4v) is 2.10. The molecular formula is C17H22N2O2. The molecule has 0 aliphatic rings. The fourth-order valence-electron chi connectivity index (χ4n) is 2.10. The zero-order valence-electron chi connectivity index (χ0n) is 12.9. The quantitative estimate of drug-likeness (QED) is 0.438. The predicted molar refractivity (Wildman–Crippen MR) is 84.8 cm³/mol. The van der Waals surface area contributed by atoms with Gasteiger partial charge in [0.25, 0.3) is 0 Å². The summed E-state index contributed by atoms with van der Waals surface area (Å²) in [6.45, 7) is 6.37. The Labute approximate surface area is 126 Å². The summed E-state index contributed by atoms with van der Waals surface area (Å²) in [5, 5.41) is 8.94. The van der Waals surface area contributed by atoms with Gasteiger partial charge in [-0.15, -0.1) is 0 Å². The van der Waals surface area contributed by atoms with E-state index in [1.165, 1.54) is 7.11 Å². The molecule has 1 rings (SSSR count). The Hall–Kier alpha value is -2.28. The molecule has 0 bridgehead atoms. The highest BCUT2D eigenvalue weighted by atomic mass is 16.5. The van der Waals surface area contributed by atoms with Gasteiger partial charge in [-0.2, -0.15) is 5.26 Å². The van der Waals surface area contributed by atoms with E-state index < -0.39 is 5.97 Å². The Morgan fingerprint density at radius 2 is 1.81 bits per heavy atom. The number of ether oxygens (including phenoxy) is 1. The zero-order valence-corrected chi connectivity index (χ0v) is 12.9. The predicted octanol–water partition coefficient (Wildman–Crippen LogP) is 3.39.